The Morgan fingerprint density at radius 3 is 2.78 bits per heavy atom. The molecule has 6 nitrogen and oxygen atoms in total. The third-order valence-electron chi connectivity index (χ3n) is 4.66. The van der Waals surface area contributed by atoms with Crippen LogP contribution in [-0.4, -0.2) is 34.2 Å². The van der Waals surface area contributed by atoms with Crippen molar-refractivity contribution in [1.82, 2.24) is 14.5 Å². The number of halogens is 1. The second-order valence-electron chi connectivity index (χ2n) is 6.43. The average Bonchev–Trinajstić information content (AvgIpc) is 2.71. The van der Waals surface area contributed by atoms with Crippen LogP contribution in [0.4, 0.5) is 5.95 Å². The Bertz CT molecular complexity index is 1010. The molecule has 2 aromatic heterocycles. The molecule has 0 radical (unpaired) electrons. The van der Waals surface area contributed by atoms with Crippen LogP contribution in [-0.2, 0) is 11.8 Å². The van der Waals surface area contributed by atoms with Crippen LogP contribution in [0.1, 0.15) is 11.7 Å². The highest BCUT2D eigenvalue weighted by atomic mass is 35.5. The summed E-state index contributed by atoms with van der Waals surface area (Å²) in [6.45, 7) is 1.81. The van der Waals surface area contributed by atoms with Gasteiger partial charge in [-0.3, -0.25) is 14.3 Å². The first-order chi connectivity index (χ1) is 13.1. The SMILES string of the molecule is Cn1c(N2CCOC(c3cccc(Cl)c3)C2)nc(-c2ccncc2)cc1=O. The third-order valence-corrected chi connectivity index (χ3v) is 4.89. The van der Waals surface area contributed by atoms with Crippen molar-refractivity contribution in [2.75, 3.05) is 24.6 Å². The van der Waals surface area contributed by atoms with Gasteiger partial charge in [0.1, 0.15) is 6.10 Å². The molecule has 1 aliphatic rings. The number of benzene rings is 1. The minimum Gasteiger partial charge on any atom is -0.370 e. The van der Waals surface area contributed by atoms with Crippen LogP contribution in [0.3, 0.4) is 0 Å². The molecule has 0 N–H and O–H groups in total. The molecule has 7 heteroatoms. The molecule has 1 atom stereocenters. The predicted molar refractivity (Wildman–Crippen MR) is 105 cm³/mol. The fraction of sp³-hybridized carbons (Fsp3) is 0.250. The van der Waals surface area contributed by atoms with E-state index < -0.39 is 0 Å². The molecule has 1 saturated heterocycles. The summed E-state index contributed by atoms with van der Waals surface area (Å²) in [6.07, 6.45) is 3.26. The molecule has 138 valence electrons. The van der Waals surface area contributed by atoms with E-state index in [4.69, 9.17) is 21.3 Å². The lowest BCUT2D eigenvalue weighted by molar-refractivity contribution is 0.0390. The maximum absolute atomic E-state index is 12.5. The highest BCUT2D eigenvalue weighted by Crippen LogP contribution is 2.27. The fourth-order valence-corrected chi connectivity index (χ4v) is 3.42. The van der Waals surface area contributed by atoms with E-state index >= 15 is 0 Å². The van der Waals surface area contributed by atoms with E-state index in [1.54, 1.807) is 30.1 Å². The van der Waals surface area contributed by atoms with E-state index in [-0.39, 0.29) is 11.7 Å². The fourth-order valence-electron chi connectivity index (χ4n) is 3.22. The predicted octanol–water partition coefficient (Wildman–Crippen LogP) is 3.07. The Morgan fingerprint density at radius 1 is 1.19 bits per heavy atom. The summed E-state index contributed by atoms with van der Waals surface area (Å²) in [4.78, 5) is 23.4. The first kappa shape index (κ1) is 17.7. The number of hydrogen-bond donors (Lipinski definition) is 0. The van der Waals surface area contributed by atoms with Crippen LogP contribution < -0.4 is 10.5 Å². The monoisotopic (exact) mass is 382 g/mol. The van der Waals surface area contributed by atoms with Crippen molar-refractivity contribution in [1.29, 1.82) is 0 Å². The molecule has 1 aliphatic heterocycles. The smallest absolute Gasteiger partial charge is 0.255 e. The topological polar surface area (TPSA) is 60.2 Å². The van der Waals surface area contributed by atoms with Crippen molar-refractivity contribution in [2.45, 2.75) is 6.10 Å². The van der Waals surface area contributed by atoms with Crippen molar-refractivity contribution in [3.63, 3.8) is 0 Å². The van der Waals surface area contributed by atoms with E-state index in [0.717, 1.165) is 11.1 Å². The van der Waals surface area contributed by atoms with Gasteiger partial charge in [0.15, 0.2) is 0 Å². The summed E-state index contributed by atoms with van der Waals surface area (Å²) in [5, 5.41) is 0.679. The highest BCUT2D eigenvalue weighted by molar-refractivity contribution is 6.30. The van der Waals surface area contributed by atoms with Crippen LogP contribution in [0.5, 0.6) is 0 Å². The third kappa shape index (κ3) is 3.72. The maximum Gasteiger partial charge on any atom is 0.255 e. The first-order valence-electron chi connectivity index (χ1n) is 8.72. The van der Waals surface area contributed by atoms with Gasteiger partial charge in [0.2, 0.25) is 5.95 Å². The Balaban J connectivity index is 1.68. The number of aromatic nitrogens is 3. The van der Waals surface area contributed by atoms with Crippen LogP contribution in [0, 0.1) is 0 Å². The second-order valence-corrected chi connectivity index (χ2v) is 6.87. The lowest BCUT2D eigenvalue weighted by Crippen LogP contribution is -2.41. The number of ether oxygens (including phenoxy) is 1. The summed E-state index contributed by atoms with van der Waals surface area (Å²) < 4.78 is 7.51. The lowest BCUT2D eigenvalue weighted by atomic mass is 10.1. The van der Waals surface area contributed by atoms with Gasteiger partial charge in [0.25, 0.3) is 5.56 Å². The molecule has 0 bridgehead atoms. The molecule has 0 aliphatic carbocycles. The summed E-state index contributed by atoms with van der Waals surface area (Å²) in [7, 11) is 1.74. The van der Waals surface area contributed by atoms with Crippen LogP contribution in [0.15, 0.2) is 59.7 Å². The molecular weight excluding hydrogens is 364 g/mol. The molecule has 1 aromatic carbocycles. The van der Waals surface area contributed by atoms with Crippen LogP contribution in [0.25, 0.3) is 11.3 Å². The van der Waals surface area contributed by atoms with Crippen molar-refractivity contribution in [2.24, 2.45) is 7.05 Å². The Morgan fingerprint density at radius 2 is 2.00 bits per heavy atom. The van der Waals surface area contributed by atoms with Gasteiger partial charge < -0.3 is 9.64 Å². The van der Waals surface area contributed by atoms with Crippen molar-refractivity contribution < 1.29 is 4.74 Å². The van der Waals surface area contributed by atoms with Gasteiger partial charge in [-0.25, -0.2) is 4.98 Å². The number of anilines is 1. The quantitative estimate of drug-likeness (QED) is 0.696. The molecule has 3 heterocycles. The van der Waals surface area contributed by atoms with Crippen LogP contribution in [0.2, 0.25) is 5.02 Å². The zero-order valence-corrected chi connectivity index (χ0v) is 15.6. The van der Waals surface area contributed by atoms with Crippen molar-refractivity contribution >= 4 is 17.5 Å². The van der Waals surface area contributed by atoms with Gasteiger partial charge in [0.05, 0.1) is 18.8 Å². The number of morpholine rings is 1. The molecule has 3 aromatic rings. The second kappa shape index (κ2) is 7.50. The molecule has 0 saturated carbocycles. The zero-order chi connectivity index (χ0) is 18.8. The van der Waals surface area contributed by atoms with E-state index in [9.17, 15) is 4.79 Å². The number of hydrogen-bond acceptors (Lipinski definition) is 5. The molecule has 27 heavy (non-hydrogen) atoms. The minimum atomic E-state index is -0.126. The van der Waals surface area contributed by atoms with Crippen molar-refractivity contribution in [3.8, 4) is 11.3 Å². The van der Waals surface area contributed by atoms with Gasteiger partial charge >= 0.3 is 0 Å². The largest absolute Gasteiger partial charge is 0.370 e. The van der Waals surface area contributed by atoms with Crippen molar-refractivity contribution in [3.05, 3.63) is 75.8 Å². The minimum absolute atomic E-state index is 0.0994. The van der Waals surface area contributed by atoms with Crippen LogP contribution >= 0.6 is 11.6 Å². The first-order valence-corrected chi connectivity index (χ1v) is 9.10. The number of nitrogens with zero attached hydrogens (tertiary/aromatic N) is 4. The molecule has 4 rings (SSSR count). The Hall–Kier alpha value is -2.70. The Labute approximate surface area is 162 Å². The lowest BCUT2D eigenvalue weighted by Gasteiger charge is -2.34. The van der Waals surface area contributed by atoms with E-state index in [2.05, 4.69) is 9.88 Å². The normalized spacial score (nSPS) is 17.1. The van der Waals surface area contributed by atoms with E-state index in [1.165, 1.54) is 0 Å². The average molecular weight is 383 g/mol. The van der Waals surface area contributed by atoms with Gasteiger partial charge in [-0.05, 0) is 29.8 Å². The standard InChI is InChI=1S/C20H19ClN4O2/c1-24-19(26)12-17(14-5-7-22-8-6-14)23-20(24)25-9-10-27-18(13-25)15-3-2-4-16(21)11-15/h2-8,11-12,18H,9-10,13H2,1H3. The highest BCUT2D eigenvalue weighted by Gasteiger charge is 2.25. The maximum atomic E-state index is 12.5. The van der Waals surface area contributed by atoms with Gasteiger partial charge in [-0.2, -0.15) is 0 Å². The molecule has 1 unspecified atom stereocenters. The Kier molecular flexibility index (Phi) is 4.92. The summed E-state index contributed by atoms with van der Waals surface area (Å²) >= 11 is 6.12. The van der Waals surface area contributed by atoms with Gasteiger partial charge in [-0.1, -0.05) is 23.7 Å². The number of rotatable bonds is 3. The summed E-state index contributed by atoms with van der Waals surface area (Å²) in [6, 6.07) is 12.9. The van der Waals surface area contributed by atoms with Gasteiger partial charge in [0, 0.05) is 42.6 Å². The summed E-state index contributed by atoms with van der Waals surface area (Å²) in [5.74, 6) is 0.629. The molecule has 0 amide bonds. The summed E-state index contributed by atoms with van der Waals surface area (Å²) in [5.41, 5.74) is 2.42. The van der Waals surface area contributed by atoms with E-state index in [1.807, 2.05) is 36.4 Å². The molecule has 0 spiro atoms. The van der Waals surface area contributed by atoms with Gasteiger partial charge in [-0.15, -0.1) is 0 Å². The van der Waals surface area contributed by atoms with E-state index in [0.29, 0.717) is 36.4 Å². The molecule has 1 fully saturated rings. The molecular formula is C20H19ClN4O2. The zero-order valence-electron chi connectivity index (χ0n) is 14.9. The number of pyridine rings is 1.